The lowest BCUT2D eigenvalue weighted by molar-refractivity contribution is -0.133. The van der Waals surface area contributed by atoms with Gasteiger partial charge in [0.1, 0.15) is 23.8 Å². The van der Waals surface area contributed by atoms with Crippen molar-refractivity contribution < 1.29 is 23.6 Å². The molecule has 0 unspecified atom stereocenters. The number of amides is 4. The van der Waals surface area contributed by atoms with Gasteiger partial charge in [0.15, 0.2) is 6.67 Å². The Kier molecular flexibility index (Phi) is 7.08. The fourth-order valence-electron chi connectivity index (χ4n) is 4.59. The Morgan fingerprint density at radius 3 is 2.71 bits per heavy atom. The van der Waals surface area contributed by atoms with E-state index in [9.17, 15) is 23.6 Å². The van der Waals surface area contributed by atoms with E-state index in [1.807, 2.05) is 18.2 Å². The Balaban J connectivity index is 1.55. The molecule has 0 aliphatic carbocycles. The van der Waals surface area contributed by atoms with Crippen LogP contribution in [-0.4, -0.2) is 63.8 Å². The van der Waals surface area contributed by atoms with E-state index < -0.39 is 42.5 Å². The molecule has 4 N–H and O–H groups in total. The Bertz CT molecular complexity index is 1120. The van der Waals surface area contributed by atoms with Gasteiger partial charge in [-0.3, -0.25) is 24.1 Å². The number of aromatic nitrogens is 3. The Hall–Kier alpha value is -3.83. The van der Waals surface area contributed by atoms with Gasteiger partial charge in [0.05, 0.1) is 18.4 Å². The number of benzene rings is 1. The smallest absolute Gasteiger partial charge is 0.252 e. The van der Waals surface area contributed by atoms with Gasteiger partial charge in [-0.2, -0.15) is 15.4 Å². The largest absolute Gasteiger partial charge is 0.348 e. The van der Waals surface area contributed by atoms with Gasteiger partial charge in [-0.25, -0.2) is 4.39 Å². The molecule has 2 aromatic rings. The minimum absolute atomic E-state index is 0.154. The van der Waals surface area contributed by atoms with Gasteiger partial charge in [-0.1, -0.05) is 32.0 Å². The highest BCUT2D eigenvalue weighted by Crippen LogP contribution is 2.39. The molecule has 2 aliphatic heterocycles. The van der Waals surface area contributed by atoms with Crippen LogP contribution in [0.25, 0.3) is 0 Å². The highest BCUT2D eigenvalue weighted by molar-refractivity contribution is 6.08. The maximum Gasteiger partial charge on any atom is 0.252 e. The van der Waals surface area contributed by atoms with E-state index in [1.165, 1.54) is 11.1 Å². The summed E-state index contributed by atoms with van der Waals surface area (Å²) in [6.07, 6.45) is 2.69. The molecule has 0 radical (unpaired) electrons. The van der Waals surface area contributed by atoms with Crippen LogP contribution >= 0.6 is 0 Å². The number of nitrogens with one attached hydrogen (secondary N) is 4. The van der Waals surface area contributed by atoms with Crippen LogP contribution in [0.1, 0.15) is 37.1 Å². The van der Waals surface area contributed by atoms with E-state index in [-0.39, 0.29) is 18.4 Å². The molecule has 4 rings (SSSR count). The first-order chi connectivity index (χ1) is 16.8. The van der Waals surface area contributed by atoms with Crippen molar-refractivity contribution in [2.45, 2.75) is 57.8 Å². The molecule has 186 valence electrons. The predicted molar refractivity (Wildman–Crippen MR) is 123 cm³/mol. The first-order valence-electron chi connectivity index (χ1n) is 11.5. The third kappa shape index (κ3) is 5.00. The first-order valence-corrected chi connectivity index (χ1v) is 11.5. The second kappa shape index (κ2) is 10.2. The molecule has 0 spiro atoms. The van der Waals surface area contributed by atoms with Gasteiger partial charge in [-0.15, -0.1) is 0 Å². The lowest BCUT2D eigenvalue weighted by atomic mass is 10.00. The molecule has 0 saturated carbocycles. The number of nitrogens with zero attached hydrogens (tertiary/aromatic N) is 3. The minimum Gasteiger partial charge on any atom is -0.348 e. The molecule has 3 heterocycles. The molecule has 0 saturated heterocycles. The topological polar surface area (TPSA) is 149 Å². The van der Waals surface area contributed by atoms with E-state index in [2.05, 4.69) is 31.4 Å². The number of halogens is 1. The molecule has 0 fully saturated rings. The second-order valence-electron chi connectivity index (χ2n) is 9.05. The molecule has 11 nitrogen and oxygen atoms in total. The number of rotatable bonds is 8. The number of aromatic amines is 1. The molecule has 1 aromatic carbocycles. The van der Waals surface area contributed by atoms with Crippen molar-refractivity contribution in [3.8, 4) is 0 Å². The maximum atomic E-state index is 13.7. The third-order valence-electron chi connectivity index (χ3n) is 6.32. The number of hydrogen-bond donors (Lipinski definition) is 4. The minimum atomic E-state index is -1.24. The van der Waals surface area contributed by atoms with Gasteiger partial charge >= 0.3 is 0 Å². The van der Waals surface area contributed by atoms with Crippen molar-refractivity contribution in [1.29, 1.82) is 0 Å². The van der Waals surface area contributed by atoms with E-state index in [0.717, 1.165) is 11.1 Å². The highest BCUT2D eigenvalue weighted by Gasteiger charge is 2.44. The number of hydrogen-bond acceptors (Lipinski definition) is 6. The second-order valence-corrected chi connectivity index (χ2v) is 9.05. The van der Waals surface area contributed by atoms with Crippen LogP contribution in [0.5, 0.6) is 0 Å². The van der Waals surface area contributed by atoms with Crippen molar-refractivity contribution >= 4 is 29.3 Å². The normalized spacial score (nSPS) is 19.7. The molecule has 1 aromatic heterocycles. The summed E-state index contributed by atoms with van der Waals surface area (Å²) >= 11 is 0. The van der Waals surface area contributed by atoms with Gasteiger partial charge in [0.25, 0.3) is 5.91 Å². The number of aryl methyl sites for hydroxylation is 1. The Morgan fingerprint density at radius 1 is 1.26 bits per heavy atom. The third-order valence-corrected chi connectivity index (χ3v) is 6.32. The van der Waals surface area contributed by atoms with E-state index in [1.54, 1.807) is 13.8 Å². The number of carbonyl (C=O) groups is 4. The zero-order valence-electron chi connectivity index (χ0n) is 19.5. The van der Waals surface area contributed by atoms with Crippen LogP contribution in [0.2, 0.25) is 0 Å². The summed E-state index contributed by atoms with van der Waals surface area (Å²) in [7, 11) is 0. The van der Waals surface area contributed by atoms with Crippen LogP contribution in [0, 0.1) is 5.92 Å². The predicted octanol–water partition coefficient (Wildman–Crippen LogP) is -0.0799. The quantitative estimate of drug-likeness (QED) is 0.411. The highest BCUT2D eigenvalue weighted by atomic mass is 19.1. The summed E-state index contributed by atoms with van der Waals surface area (Å²) in [6.45, 7) is 2.35. The average molecular weight is 486 g/mol. The van der Waals surface area contributed by atoms with E-state index >= 15 is 0 Å². The Labute approximate surface area is 201 Å². The van der Waals surface area contributed by atoms with Crippen molar-refractivity contribution in [2.24, 2.45) is 5.92 Å². The van der Waals surface area contributed by atoms with Gasteiger partial charge in [0.2, 0.25) is 17.7 Å². The number of anilines is 1. The lowest BCUT2D eigenvalue weighted by Gasteiger charge is -2.29. The first kappa shape index (κ1) is 24.3. The van der Waals surface area contributed by atoms with Gasteiger partial charge in [-0.05, 0) is 29.9 Å². The molecule has 2 aliphatic rings. The summed E-state index contributed by atoms with van der Waals surface area (Å²) in [4.78, 5) is 52.8. The van der Waals surface area contributed by atoms with Crippen LogP contribution in [0.3, 0.4) is 0 Å². The van der Waals surface area contributed by atoms with E-state index in [0.29, 0.717) is 30.6 Å². The SMILES string of the molecule is CC(C)[C@H](NC(=O)CF)C(=O)N[C@H]1CCc2cccc3c2N(C1=O)[C@H](C(=O)NCc1cn[nH]n1)C3. The molecular weight excluding hydrogens is 457 g/mol. The lowest BCUT2D eigenvalue weighted by Crippen LogP contribution is -2.58. The summed E-state index contributed by atoms with van der Waals surface area (Å²) in [6, 6.07) is 3.02. The van der Waals surface area contributed by atoms with Crippen molar-refractivity contribution in [3.63, 3.8) is 0 Å². The fraction of sp³-hybridized carbons (Fsp3) is 0.478. The standard InChI is InChI=1S/C23H28FN7O4/c1-12(2)19(28-18(32)9-24)22(34)27-16-7-6-13-4-3-5-14-8-17(31(20(13)14)23(16)35)21(33)25-10-15-11-26-30-29-15/h3-5,11-12,16-17,19H,6-10H2,1-2H3,(H,25,33)(H,27,34)(H,28,32)(H,26,29,30)/t16-,17-,19-/m0/s1. The molecule has 0 bridgehead atoms. The van der Waals surface area contributed by atoms with Crippen molar-refractivity contribution in [3.05, 3.63) is 41.2 Å². The number of H-pyrrole nitrogens is 1. The van der Waals surface area contributed by atoms with E-state index in [4.69, 9.17) is 0 Å². The molecule has 35 heavy (non-hydrogen) atoms. The fourth-order valence-corrected chi connectivity index (χ4v) is 4.59. The summed E-state index contributed by atoms with van der Waals surface area (Å²) < 4.78 is 12.7. The molecule has 12 heteroatoms. The monoisotopic (exact) mass is 485 g/mol. The average Bonchev–Trinajstić information content (AvgIpc) is 3.47. The van der Waals surface area contributed by atoms with Crippen molar-refractivity contribution in [2.75, 3.05) is 11.6 Å². The maximum absolute atomic E-state index is 13.7. The summed E-state index contributed by atoms with van der Waals surface area (Å²) in [5.41, 5.74) is 3.07. The van der Waals surface area contributed by atoms with Crippen molar-refractivity contribution in [1.82, 2.24) is 31.4 Å². The Morgan fingerprint density at radius 2 is 2.03 bits per heavy atom. The zero-order chi connectivity index (χ0) is 25.1. The van der Waals surface area contributed by atoms with Crippen LogP contribution in [-0.2, 0) is 38.6 Å². The summed E-state index contributed by atoms with van der Waals surface area (Å²) in [5.74, 6) is -2.53. The summed E-state index contributed by atoms with van der Waals surface area (Å²) in [5, 5.41) is 18.0. The van der Waals surface area contributed by atoms with Crippen LogP contribution in [0.4, 0.5) is 10.1 Å². The molecular formula is C23H28FN7O4. The molecule has 3 atom stereocenters. The van der Waals surface area contributed by atoms with Gasteiger partial charge in [0, 0.05) is 6.42 Å². The number of carbonyl (C=O) groups excluding carboxylic acids is 4. The number of alkyl halides is 1. The van der Waals surface area contributed by atoms with Gasteiger partial charge < -0.3 is 16.0 Å². The van der Waals surface area contributed by atoms with Crippen LogP contribution in [0.15, 0.2) is 24.4 Å². The molecule has 4 amide bonds. The zero-order valence-corrected chi connectivity index (χ0v) is 19.5. The number of para-hydroxylation sites is 1. The van der Waals surface area contributed by atoms with Crippen LogP contribution < -0.4 is 20.9 Å².